The second-order valence-corrected chi connectivity index (χ2v) is 8.91. The highest BCUT2D eigenvalue weighted by Crippen LogP contribution is 2.34. The van der Waals surface area contributed by atoms with Crippen molar-refractivity contribution in [2.45, 2.75) is 12.5 Å². The largest absolute Gasteiger partial charge is 0.324 e. The summed E-state index contributed by atoms with van der Waals surface area (Å²) < 4.78 is 0. The van der Waals surface area contributed by atoms with E-state index in [1.807, 2.05) is 54.6 Å². The van der Waals surface area contributed by atoms with E-state index in [9.17, 15) is 9.59 Å². The van der Waals surface area contributed by atoms with E-state index in [2.05, 4.69) is 10.3 Å². The van der Waals surface area contributed by atoms with Gasteiger partial charge >= 0.3 is 0 Å². The van der Waals surface area contributed by atoms with Crippen LogP contribution >= 0.6 is 23.4 Å². The molecule has 5 rings (SSSR count). The van der Waals surface area contributed by atoms with E-state index in [4.69, 9.17) is 16.6 Å². The molecule has 1 atom stereocenters. The molecule has 2 heterocycles. The van der Waals surface area contributed by atoms with Crippen molar-refractivity contribution in [3.05, 3.63) is 95.0 Å². The number of benzene rings is 3. The highest BCUT2D eigenvalue weighted by atomic mass is 35.5. The molecule has 2 aliphatic heterocycles. The summed E-state index contributed by atoms with van der Waals surface area (Å²) >= 11 is 7.34. The van der Waals surface area contributed by atoms with Gasteiger partial charge in [0.15, 0.2) is 5.17 Å². The minimum absolute atomic E-state index is 0.0760. The number of halogens is 1. The molecule has 2 amide bonds. The van der Waals surface area contributed by atoms with Gasteiger partial charge in [-0.2, -0.15) is 0 Å². The Morgan fingerprint density at radius 2 is 1.73 bits per heavy atom. The molecule has 0 radical (unpaired) electrons. The predicted molar refractivity (Wildman–Crippen MR) is 133 cm³/mol. The van der Waals surface area contributed by atoms with Gasteiger partial charge in [0.25, 0.3) is 5.91 Å². The number of nitrogens with one attached hydrogen (secondary N) is 1. The zero-order valence-corrected chi connectivity index (χ0v) is 19.0. The Bertz CT molecular complexity index is 1290. The van der Waals surface area contributed by atoms with E-state index >= 15 is 0 Å². The fourth-order valence-corrected chi connectivity index (χ4v) is 4.73. The second kappa shape index (κ2) is 9.21. The zero-order valence-electron chi connectivity index (χ0n) is 17.4. The Balaban J connectivity index is 1.37. The number of hydrogen-bond acceptors (Lipinski definition) is 5. The number of rotatable bonds is 5. The lowest BCUT2D eigenvalue weighted by molar-refractivity contribution is -0.124. The van der Waals surface area contributed by atoms with Crippen LogP contribution in [0, 0.1) is 0 Å². The number of hydrogen-bond donors (Lipinski definition) is 1. The van der Waals surface area contributed by atoms with Crippen LogP contribution in [-0.4, -0.2) is 39.5 Å². The molecule has 0 spiro atoms. The average molecular weight is 475 g/mol. The van der Waals surface area contributed by atoms with Gasteiger partial charge in [0.1, 0.15) is 11.9 Å². The van der Waals surface area contributed by atoms with Crippen LogP contribution in [0.1, 0.15) is 11.1 Å². The summed E-state index contributed by atoms with van der Waals surface area (Å²) in [5.74, 6) is 0.286. The van der Waals surface area contributed by atoms with Crippen molar-refractivity contribution in [2.24, 2.45) is 9.98 Å². The first-order valence-electron chi connectivity index (χ1n) is 10.4. The first kappa shape index (κ1) is 21.4. The maximum Gasteiger partial charge on any atom is 0.259 e. The quantitative estimate of drug-likeness (QED) is 0.570. The Labute approximate surface area is 200 Å². The standard InChI is InChI=1S/C25H19ClN4O2S/c26-18-11-5-7-13-20(18)27-22(31)15-33-25-29-19-12-6-4-10-17(19)23-28-21(24(32)30(23)25)14-16-8-2-1-3-9-16/h1-13,21H,14-15H2,(H,27,31)/t21-/m0/s1. The van der Waals surface area contributed by atoms with Gasteiger partial charge in [0.05, 0.1) is 22.2 Å². The smallest absolute Gasteiger partial charge is 0.259 e. The van der Waals surface area contributed by atoms with Gasteiger partial charge < -0.3 is 5.32 Å². The number of aliphatic imine (C=N–C) groups is 2. The van der Waals surface area contributed by atoms with E-state index < -0.39 is 6.04 Å². The third-order valence-electron chi connectivity index (χ3n) is 5.30. The van der Waals surface area contributed by atoms with Crippen molar-refractivity contribution < 1.29 is 9.59 Å². The van der Waals surface area contributed by atoms with Crippen molar-refractivity contribution in [3.63, 3.8) is 0 Å². The number of amides is 2. The molecule has 0 aliphatic carbocycles. The summed E-state index contributed by atoms with van der Waals surface area (Å²) in [6.45, 7) is 0. The number of anilines is 1. The lowest BCUT2D eigenvalue weighted by Crippen LogP contribution is -2.41. The van der Waals surface area contributed by atoms with Crippen molar-refractivity contribution in [3.8, 4) is 0 Å². The fraction of sp³-hybridized carbons (Fsp3) is 0.120. The second-order valence-electron chi connectivity index (χ2n) is 7.56. The van der Waals surface area contributed by atoms with Gasteiger partial charge in [-0.25, -0.2) is 9.89 Å². The van der Waals surface area contributed by atoms with Gasteiger partial charge in [-0.1, -0.05) is 78.0 Å². The van der Waals surface area contributed by atoms with Crippen molar-refractivity contribution in [2.75, 3.05) is 11.1 Å². The molecule has 1 N–H and O–H groups in total. The molecule has 0 saturated carbocycles. The maximum atomic E-state index is 13.3. The summed E-state index contributed by atoms with van der Waals surface area (Å²) in [5, 5.41) is 3.71. The van der Waals surface area contributed by atoms with Crippen LogP contribution in [0.15, 0.2) is 88.8 Å². The summed E-state index contributed by atoms with van der Waals surface area (Å²) in [4.78, 5) is 36.9. The van der Waals surface area contributed by atoms with E-state index in [0.717, 1.165) is 16.8 Å². The Kier molecular flexibility index (Phi) is 5.98. The first-order chi connectivity index (χ1) is 16.1. The Morgan fingerprint density at radius 1 is 1.00 bits per heavy atom. The number of fused-ring (bicyclic) bond motifs is 3. The summed E-state index contributed by atoms with van der Waals surface area (Å²) in [6, 6.07) is 23.9. The van der Waals surface area contributed by atoms with Crippen LogP contribution in [0.3, 0.4) is 0 Å². The number of amidine groups is 2. The number of para-hydroxylation sites is 2. The molecule has 8 heteroatoms. The molecule has 33 heavy (non-hydrogen) atoms. The van der Waals surface area contributed by atoms with Crippen LogP contribution in [0.5, 0.6) is 0 Å². The van der Waals surface area contributed by atoms with Gasteiger partial charge in [0.2, 0.25) is 5.91 Å². The van der Waals surface area contributed by atoms with Crippen LogP contribution in [0.4, 0.5) is 11.4 Å². The van der Waals surface area contributed by atoms with Crippen LogP contribution < -0.4 is 5.32 Å². The molecule has 0 aromatic heterocycles. The molecule has 2 aliphatic rings. The van der Waals surface area contributed by atoms with Gasteiger partial charge in [-0.3, -0.25) is 14.6 Å². The van der Waals surface area contributed by atoms with E-state index in [1.54, 1.807) is 29.2 Å². The lowest BCUT2D eigenvalue weighted by atomic mass is 10.1. The maximum absolute atomic E-state index is 13.3. The molecule has 0 saturated heterocycles. The molecule has 0 bridgehead atoms. The van der Waals surface area contributed by atoms with Gasteiger partial charge in [-0.05, 0) is 29.8 Å². The summed E-state index contributed by atoms with van der Waals surface area (Å²) in [6.07, 6.45) is 0.507. The molecule has 3 aromatic rings. The number of nitrogens with zero attached hydrogens (tertiary/aromatic N) is 3. The molecule has 3 aromatic carbocycles. The zero-order chi connectivity index (χ0) is 22.8. The minimum atomic E-state index is -0.531. The SMILES string of the molecule is O=C(CSC1=Nc2ccccc2C2=N[C@@H](Cc3ccccc3)C(=O)N12)Nc1ccccc1Cl. The van der Waals surface area contributed by atoms with E-state index in [0.29, 0.717) is 28.1 Å². The van der Waals surface area contributed by atoms with E-state index in [1.165, 1.54) is 11.8 Å². The van der Waals surface area contributed by atoms with Gasteiger partial charge in [0, 0.05) is 12.0 Å². The van der Waals surface area contributed by atoms with Crippen LogP contribution in [-0.2, 0) is 16.0 Å². The van der Waals surface area contributed by atoms with E-state index in [-0.39, 0.29) is 17.6 Å². The normalized spacial score (nSPS) is 16.6. The number of thioether (sulfide) groups is 1. The predicted octanol–water partition coefficient (Wildman–Crippen LogP) is 4.91. The topological polar surface area (TPSA) is 74.1 Å². The third kappa shape index (κ3) is 4.42. The fourth-order valence-electron chi connectivity index (χ4n) is 3.75. The first-order valence-corrected chi connectivity index (χ1v) is 11.8. The molecular weight excluding hydrogens is 456 g/mol. The summed E-state index contributed by atoms with van der Waals surface area (Å²) in [7, 11) is 0. The minimum Gasteiger partial charge on any atom is -0.324 e. The molecule has 164 valence electrons. The molecular formula is C25H19ClN4O2S. The Hall–Kier alpha value is -3.42. The third-order valence-corrected chi connectivity index (χ3v) is 6.57. The summed E-state index contributed by atoms with van der Waals surface area (Å²) in [5.41, 5.74) is 3.13. The lowest BCUT2D eigenvalue weighted by Gasteiger charge is -2.25. The molecule has 0 unspecified atom stereocenters. The van der Waals surface area contributed by atoms with Crippen molar-refractivity contribution in [1.82, 2.24) is 4.90 Å². The monoisotopic (exact) mass is 474 g/mol. The Morgan fingerprint density at radius 3 is 2.55 bits per heavy atom. The van der Waals surface area contributed by atoms with Gasteiger partial charge in [-0.15, -0.1) is 0 Å². The molecule has 6 nitrogen and oxygen atoms in total. The van der Waals surface area contributed by atoms with Crippen LogP contribution in [0.25, 0.3) is 0 Å². The van der Waals surface area contributed by atoms with Crippen molar-refractivity contribution in [1.29, 1.82) is 0 Å². The highest BCUT2D eigenvalue weighted by molar-refractivity contribution is 8.14. The average Bonchev–Trinajstić information content (AvgIpc) is 3.16. The van der Waals surface area contributed by atoms with Crippen molar-refractivity contribution >= 4 is 57.6 Å². The highest BCUT2D eigenvalue weighted by Gasteiger charge is 2.41. The number of carbonyl (C=O) groups is 2. The van der Waals surface area contributed by atoms with Crippen LogP contribution in [0.2, 0.25) is 5.02 Å². The molecule has 0 fully saturated rings. The number of carbonyl (C=O) groups excluding carboxylic acids is 2.